The first-order valence-corrected chi connectivity index (χ1v) is 6.34. The summed E-state index contributed by atoms with van der Waals surface area (Å²) in [5.41, 5.74) is 0. The Labute approximate surface area is 105 Å². The van der Waals surface area contributed by atoms with Crippen LogP contribution in [0, 0.1) is 11.8 Å². The third kappa shape index (κ3) is 2.04. The average molecular weight is 255 g/mol. The molecule has 0 aromatic carbocycles. The third-order valence-corrected chi connectivity index (χ3v) is 3.94. The van der Waals surface area contributed by atoms with Gasteiger partial charge in [-0.05, 0) is 36.3 Å². The zero-order valence-electron chi connectivity index (χ0n) is 9.77. The van der Waals surface area contributed by atoms with Crippen LogP contribution in [-0.2, 0) is 0 Å². The van der Waals surface area contributed by atoms with Crippen LogP contribution in [-0.4, -0.2) is 35.2 Å². The van der Waals surface area contributed by atoms with Gasteiger partial charge in [0.15, 0.2) is 0 Å². The molecule has 1 aliphatic heterocycles. The van der Waals surface area contributed by atoms with Gasteiger partial charge in [0.25, 0.3) is 0 Å². The predicted molar refractivity (Wildman–Crippen MR) is 64.4 cm³/mol. The Morgan fingerprint density at radius 1 is 1.18 bits per heavy atom. The van der Waals surface area contributed by atoms with Crippen LogP contribution in [0.15, 0.2) is 0 Å². The minimum atomic E-state index is 0.198. The lowest BCUT2D eigenvalue weighted by molar-refractivity contribution is 0.378. The Bertz CT molecular complexity index is 416. The van der Waals surface area contributed by atoms with Crippen molar-refractivity contribution in [3.8, 4) is 6.01 Å². The van der Waals surface area contributed by atoms with Crippen LogP contribution in [0.1, 0.15) is 19.3 Å². The van der Waals surface area contributed by atoms with E-state index in [0.29, 0.717) is 5.95 Å². The Kier molecular flexibility index (Phi) is 2.78. The van der Waals surface area contributed by atoms with Crippen molar-refractivity contribution in [3.63, 3.8) is 0 Å². The molecule has 3 rings (SSSR count). The second kappa shape index (κ2) is 4.29. The fourth-order valence-electron chi connectivity index (χ4n) is 2.95. The number of hydrogen-bond acceptors (Lipinski definition) is 5. The molecule has 0 amide bonds. The van der Waals surface area contributed by atoms with Gasteiger partial charge in [-0.1, -0.05) is 6.42 Å². The molecule has 1 saturated heterocycles. The quantitative estimate of drug-likeness (QED) is 0.805. The molecule has 2 aliphatic rings. The molecule has 1 aliphatic carbocycles. The molecule has 17 heavy (non-hydrogen) atoms. The second-order valence-corrected chi connectivity index (χ2v) is 5.09. The highest BCUT2D eigenvalue weighted by atomic mass is 35.5. The van der Waals surface area contributed by atoms with Gasteiger partial charge in [-0.15, -0.1) is 0 Å². The van der Waals surface area contributed by atoms with Crippen molar-refractivity contribution in [2.45, 2.75) is 19.3 Å². The van der Waals surface area contributed by atoms with Crippen molar-refractivity contribution < 1.29 is 4.74 Å². The third-order valence-electron chi connectivity index (χ3n) is 3.77. The summed E-state index contributed by atoms with van der Waals surface area (Å²) in [6.07, 6.45) is 4.03. The van der Waals surface area contributed by atoms with Gasteiger partial charge in [-0.25, -0.2) is 0 Å². The molecule has 6 heteroatoms. The molecule has 0 radical (unpaired) electrons. The maximum absolute atomic E-state index is 5.86. The van der Waals surface area contributed by atoms with E-state index in [1.807, 2.05) is 0 Å². The van der Waals surface area contributed by atoms with Crippen LogP contribution in [0.5, 0.6) is 6.01 Å². The van der Waals surface area contributed by atoms with Gasteiger partial charge in [-0.2, -0.15) is 15.0 Å². The van der Waals surface area contributed by atoms with Crippen LogP contribution in [0.3, 0.4) is 0 Å². The first-order valence-electron chi connectivity index (χ1n) is 5.97. The lowest BCUT2D eigenvalue weighted by Crippen LogP contribution is -2.23. The normalized spacial score (nSPS) is 27.3. The van der Waals surface area contributed by atoms with Gasteiger partial charge >= 0.3 is 6.01 Å². The first-order chi connectivity index (χ1) is 8.26. The SMILES string of the molecule is COc1nc(Cl)nc(N2CC3CCCC3C2)n1. The number of fused-ring (bicyclic) bond motifs is 1. The van der Waals surface area contributed by atoms with Gasteiger partial charge in [0, 0.05) is 13.1 Å². The molecule has 5 nitrogen and oxygen atoms in total. The topological polar surface area (TPSA) is 51.1 Å². The summed E-state index contributed by atoms with van der Waals surface area (Å²) in [5, 5.41) is 0.198. The minimum Gasteiger partial charge on any atom is -0.467 e. The maximum Gasteiger partial charge on any atom is 0.322 e. The molecule has 2 heterocycles. The molecular formula is C11H15ClN4O. The lowest BCUT2D eigenvalue weighted by Gasteiger charge is -2.17. The minimum absolute atomic E-state index is 0.198. The zero-order chi connectivity index (χ0) is 11.8. The Morgan fingerprint density at radius 2 is 1.88 bits per heavy atom. The smallest absolute Gasteiger partial charge is 0.322 e. The summed E-state index contributed by atoms with van der Waals surface area (Å²) in [4.78, 5) is 14.5. The van der Waals surface area contributed by atoms with E-state index in [0.717, 1.165) is 24.9 Å². The van der Waals surface area contributed by atoms with Gasteiger partial charge in [-0.3, -0.25) is 0 Å². The molecule has 2 fully saturated rings. The van der Waals surface area contributed by atoms with Crippen molar-refractivity contribution in [1.82, 2.24) is 15.0 Å². The van der Waals surface area contributed by atoms with Crippen molar-refractivity contribution in [2.24, 2.45) is 11.8 Å². The zero-order valence-corrected chi connectivity index (χ0v) is 10.5. The maximum atomic E-state index is 5.86. The number of aromatic nitrogens is 3. The molecule has 2 unspecified atom stereocenters. The van der Waals surface area contributed by atoms with E-state index >= 15 is 0 Å². The van der Waals surface area contributed by atoms with Crippen molar-refractivity contribution >= 4 is 17.5 Å². The molecule has 0 N–H and O–H groups in total. The van der Waals surface area contributed by atoms with Crippen LogP contribution < -0.4 is 9.64 Å². The number of methoxy groups -OCH3 is 1. The monoisotopic (exact) mass is 254 g/mol. The Hall–Kier alpha value is -1.10. The van der Waals surface area contributed by atoms with Gasteiger partial charge in [0.1, 0.15) is 0 Å². The highest BCUT2D eigenvalue weighted by Gasteiger charge is 2.37. The molecule has 2 atom stereocenters. The Balaban J connectivity index is 1.82. The molecule has 0 spiro atoms. The first kappa shape index (κ1) is 11.0. The largest absolute Gasteiger partial charge is 0.467 e. The number of rotatable bonds is 2. The fourth-order valence-corrected chi connectivity index (χ4v) is 3.10. The molecule has 92 valence electrons. The van der Waals surface area contributed by atoms with Gasteiger partial charge in [0.05, 0.1) is 7.11 Å². The molecule has 1 saturated carbocycles. The van der Waals surface area contributed by atoms with Gasteiger partial charge in [0.2, 0.25) is 11.2 Å². The second-order valence-electron chi connectivity index (χ2n) is 4.75. The molecule has 0 bridgehead atoms. The van der Waals surface area contributed by atoms with E-state index < -0.39 is 0 Å². The summed E-state index contributed by atoms with van der Waals surface area (Å²) in [6, 6.07) is 0.289. The summed E-state index contributed by atoms with van der Waals surface area (Å²) < 4.78 is 5.02. The predicted octanol–water partition coefficient (Wildman–Crippen LogP) is 1.77. The summed E-state index contributed by atoms with van der Waals surface area (Å²) in [5.74, 6) is 2.25. The van der Waals surface area contributed by atoms with Crippen LogP contribution in [0.25, 0.3) is 0 Å². The number of halogens is 1. The summed E-state index contributed by atoms with van der Waals surface area (Å²) in [7, 11) is 1.54. The van der Waals surface area contributed by atoms with Crippen LogP contribution in [0.2, 0.25) is 5.28 Å². The Morgan fingerprint density at radius 3 is 2.53 bits per heavy atom. The fraction of sp³-hybridized carbons (Fsp3) is 0.727. The van der Waals surface area contributed by atoms with E-state index in [9.17, 15) is 0 Å². The van der Waals surface area contributed by atoms with Crippen molar-refractivity contribution in [3.05, 3.63) is 5.28 Å². The molecular weight excluding hydrogens is 240 g/mol. The van der Waals surface area contributed by atoms with E-state index in [2.05, 4.69) is 19.9 Å². The number of ether oxygens (including phenoxy) is 1. The van der Waals surface area contributed by atoms with E-state index in [4.69, 9.17) is 16.3 Å². The number of anilines is 1. The van der Waals surface area contributed by atoms with Crippen molar-refractivity contribution in [1.29, 1.82) is 0 Å². The number of hydrogen-bond donors (Lipinski definition) is 0. The van der Waals surface area contributed by atoms with E-state index in [1.165, 1.54) is 26.4 Å². The lowest BCUT2D eigenvalue weighted by atomic mass is 10.0. The highest BCUT2D eigenvalue weighted by molar-refractivity contribution is 6.28. The van der Waals surface area contributed by atoms with E-state index in [-0.39, 0.29) is 11.3 Å². The standard InChI is InChI=1S/C11H15ClN4O/c1-17-11-14-9(12)13-10(15-11)16-5-7-3-2-4-8(7)6-16/h7-8H,2-6H2,1H3. The van der Waals surface area contributed by atoms with Crippen molar-refractivity contribution in [2.75, 3.05) is 25.1 Å². The molecule has 1 aromatic heterocycles. The highest BCUT2D eigenvalue weighted by Crippen LogP contribution is 2.38. The average Bonchev–Trinajstić information content (AvgIpc) is 2.88. The summed E-state index contributed by atoms with van der Waals surface area (Å²) in [6.45, 7) is 2.07. The van der Waals surface area contributed by atoms with Crippen LogP contribution >= 0.6 is 11.6 Å². The number of nitrogens with zero attached hydrogens (tertiary/aromatic N) is 4. The van der Waals surface area contributed by atoms with E-state index in [1.54, 1.807) is 0 Å². The molecule has 1 aromatic rings. The van der Waals surface area contributed by atoms with Crippen LogP contribution in [0.4, 0.5) is 5.95 Å². The van der Waals surface area contributed by atoms with Gasteiger partial charge < -0.3 is 9.64 Å². The summed E-state index contributed by atoms with van der Waals surface area (Å²) >= 11 is 5.86.